The van der Waals surface area contributed by atoms with E-state index in [2.05, 4.69) is 10.3 Å². The molecule has 0 radical (unpaired) electrons. The normalized spacial score (nSPS) is 17.1. The van der Waals surface area contributed by atoms with Crippen LogP contribution in [0.15, 0.2) is 78.4 Å². The van der Waals surface area contributed by atoms with Gasteiger partial charge in [0, 0.05) is 62.0 Å². The van der Waals surface area contributed by atoms with Crippen LogP contribution in [0.2, 0.25) is 0 Å². The molecule has 0 spiro atoms. The Labute approximate surface area is 249 Å². The van der Waals surface area contributed by atoms with E-state index in [1.165, 1.54) is 4.31 Å². The molecule has 1 saturated carbocycles. The van der Waals surface area contributed by atoms with Crippen molar-refractivity contribution < 1.29 is 26.7 Å². The summed E-state index contributed by atoms with van der Waals surface area (Å²) < 4.78 is 61.3. The average Bonchev–Trinajstić information content (AvgIpc) is 3.72. The minimum atomic E-state index is -3.63. The van der Waals surface area contributed by atoms with E-state index in [0.717, 1.165) is 42.3 Å². The van der Waals surface area contributed by atoms with E-state index in [1.807, 2.05) is 31.2 Å². The second-order valence-corrected chi connectivity index (χ2v) is 13.1. The minimum absolute atomic E-state index is 0.0877. The zero-order valence-electron chi connectivity index (χ0n) is 23.7. The zero-order chi connectivity index (χ0) is 30.6. The molecule has 0 atom stereocenters. The molecule has 2 aromatic carbocycles. The molecule has 5 rings (SSSR count). The first-order valence-electron chi connectivity index (χ1n) is 13.9. The van der Waals surface area contributed by atoms with E-state index in [0.29, 0.717) is 11.6 Å². The molecule has 2 heterocycles. The number of anilines is 1. The lowest BCUT2D eigenvalue weighted by atomic mass is 10.1. The van der Waals surface area contributed by atoms with Gasteiger partial charge in [0.25, 0.3) is 5.91 Å². The van der Waals surface area contributed by atoms with Crippen molar-refractivity contribution in [1.29, 1.82) is 5.41 Å². The maximum absolute atomic E-state index is 13.7. The van der Waals surface area contributed by atoms with Crippen LogP contribution in [0.5, 0.6) is 0 Å². The molecule has 0 unspecified atom stereocenters. The molecular weight excluding hydrogens is 576 g/mol. The first-order chi connectivity index (χ1) is 20.5. The summed E-state index contributed by atoms with van der Waals surface area (Å²) in [6.07, 6.45) is 6.25. The molecular formula is C31H33F2N5O4S. The predicted octanol–water partition coefficient (Wildman–Crippen LogP) is 4.79. The lowest BCUT2D eigenvalue weighted by Crippen LogP contribution is -2.49. The number of aromatic nitrogens is 1. The molecule has 2 fully saturated rings. The van der Waals surface area contributed by atoms with Crippen molar-refractivity contribution in [2.45, 2.75) is 25.5 Å². The number of piperazine rings is 1. The van der Waals surface area contributed by atoms with E-state index >= 15 is 0 Å². The van der Waals surface area contributed by atoms with Gasteiger partial charge in [-0.05, 0) is 53.8 Å². The highest BCUT2D eigenvalue weighted by atomic mass is 32.2. The third-order valence-corrected chi connectivity index (χ3v) is 9.50. The lowest BCUT2D eigenvalue weighted by Gasteiger charge is -2.36. The van der Waals surface area contributed by atoms with E-state index < -0.39 is 27.6 Å². The first-order valence-corrected chi connectivity index (χ1v) is 15.5. The summed E-state index contributed by atoms with van der Waals surface area (Å²) in [6, 6.07) is 13.8. The van der Waals surface area contributed by atoms with Crippen LogP contribution in [0.3, 0.4) is 0 Å². The van der Waals surface area contributed by atoms with Gasteiger partial charge in [-0.15, -0.1) is 0 Å². The smallest absolute Gasteiger partial charge is 0.293 e. The Morgan fingerprint density at radius 3 is 2.19 bits per heavy atom. The van der Waals surface area contributed by atoms with Gasteiger partial charge in [-0.3, -0.25) is 9.78 Å². The topological polar surface area (TPSA) is 116 Å². The van der Waals surface area contributed by atoms with Gasteiger partial charge < -0.3 is 20.4 Å². The number of nitrogens with zero attached hydrogens (tertiary/aromatic N) is 3. The Balaban J connectivity index is 1.28. The maximum atomic E-state index is 13.7. The Kier molecular flexibility index (Phi) is 8.88. The number of rotatable bonds is 11. The van der Waals surface area contributed by atoms with Crippen molar-refractivity contribution in [2.24, 2.45) is 5.41 Å². The zero-order valence-corrected chi connectivity index (χ0v) is 24.5. The van der Waals surface area contributed by atoms with Crippen molar-refractivity contribution in [3.8, 4) is 11.1 Å². The summed E-state index contributed by atoms with van der Waals surface area (Å²) in [5.41, 5.74) is 2.60. The van der Waals surface area contributed by atoms with Crippen molar-refractivity contribution in [3.05, 3.63) is 95.6 Å². The molecule has 0 bridgehead atoms. The molecule has 1 saturated heterocycles. The highest BCUT2D eigenvalue weighted by Gasteiger charge is 2.39. The number of carbonyl (C=O) groups is 1. The van der Waals surface area contributed by atoms with Gasteiger partial charge in [-0.25, -0.2) is 17.2 Å². The molecule has 43 heavy (non-hydrogen) atoms. The van der Waals surface area contributed by atoms with Crippen molar-refractivity contribution in [1.82, 2.24) is 14.2 Å². The largest absolute Gasteiger partial charge is 0.486 e. The number of benzene rings is 2. The summed E-state index contributed by atoms with van der Waals surface area (Å²) in [5, 5.41) is 10.5. The van der Waals surface area contributed by atoms with E-state index in [-0.39, 0.29) is 61.1 Å². The molecule has 1 amide bonds. The van der Waals surface area contributed by atoms with Crippen molar-refractivity contribution >= 4 is 27.8 Å². The number of sulfonamides is 1. The van der Waals surface area contributed by atoms with Crippen LogP contribution in [-0.2, 0) is 25.3 Å². The number of pyridine rings is 1. The number of allylic oxidation sites excluding steroid dienone is 1. The number of hydrogen-bond acceptors (Lipinski definition) is 7. The fraction of sp³-hybridized carbons (Fsp3) is 0.323. The van der Waals surface area contributed by atoms with Crippen molar-refractivity contribution in [2.75, 3.05) is 38.1 Å². The third kappa shape index (κ3) is 7.63. The molecule has 2 N–H and O–H groups in total. The summed E-state index contributed by atoms with van der Waals surface area (Å²) in [4.78, 5) is 19.0. The standard InChI is InChI=1S/C31H33F2N5O4S/c1-31(8-9-31)21-42-29(30(39)36-27-17-25(32)16-26(33)18-27)28(19-34)37-12-14-38(15-13-37)43(40,41)20-22-2-4-23(5-3-22)24-6-10-35-11-7-24/h2-7,10-11,16-19,34H,8-9,12-15,20-21H2,1H3,(H,36,39). The fourth-order valence-electron chi connectivity index (χ4n) is 4.82. The highest BCUT2D eigenvalue weighted by molar-refractivity contribution is 7.88. The molecule has 3 aromatic rings. The molecule has 2 aliphatic rings. The molecule has 9 nitrogen and oxygen atoms in total. The van der Waals surface area contributed by atoms with Gasteiger partial charge in [0.1, 0.15) is 17.3 Å². The Hall–Kier alpha value is -4.16. The molecule has 1 aliphatic carbocycles. The average molecular weight is 610 g/mol. The maximum Gasteiger partial charge on any atom is 0.293 e. The van der Waals surface area contributed by atoms with Crippen LogP contribution in [0, 0.1) is 22.5 Å². The molecule has 1 aliphatic heterocycles. The van der Waals surface area contributed by atoms with Crippen molar-refractivity contribution in [3.63, 3.8) is 0 Å². The van der Waals surface area contributed by atoms with Gasteiger partial charge in [0.2, 0.25) is 15.8 Å². The van der Waals surface area contributed by atoms with Gasteiger partial charge in [-0.2, -0.15) is 4.31 Å². The van der Waals surface area contributed by atoms with Gasteiger partial charge in [0.05, 0.1) is 12.4 Å². The predicted molar refractivity (Wildman–Crippen MR) is 160 cm³/mol. The number of carbonyl (C=O) groups excluding carboxylic acids is 1. The quantitative estimate of drug-likeness (QED) is 0.184. The second kappa shape index (κ2) is 12.6. The second-order valence-electron chi connectivity index (χ2n) is 11.1. The fourth-order valence-corrected chi connectivity index (χ4v) is 6.34. The molecule has 226 valence electrons. The van der Waals surface area contributed by atoms with E-state index in [1.54, 1.807) is 29.4 Å². The number of nitrogens with one attached hydrogen (secondary N) is 2. The third-order valence-electron chi connectivity index (χ3n) is 7.65. The Morgan fingerprint density at radius 1 is 1.00 bits per heavy atom. The van der Waals surface area contributed by atoms with E-state index in [9.17, 15) is 22.0 Å². The van der Waals surface area contributed by atoms with Gasteiger partial charge in [0.15, 0.2) is 0 Å². The molecule has 12 heteroatoms. The van der Waals surface area contributed by atoms with Crippen LogP contribution >= 0.6 is 0 Å². The van der Waals surface area contributed by atoms with Gasteiger partial charge >= 0.3 is 0 Å². The van der Waals surface area contributed by atoms with Gasteiger partial charge in [-0.1, -0.05) is 31.2 Å². The SMILES string of the molecule is CC1(COC(C(=O)Nc2cc(F)cc(F)c2)=C(C=N)N2CCN(S(=O)(=O)Cc3ccc(-c4ccncc4)cc3)CC2)CC1. The van der Waals surface area contributed by atoms with Crippen LogP contribution in [0.1, 0.15) is 25.3 Å². The summed E-state index contributed by atoms with van der Waals surface area (Å²) in [6.45, 7) is 2.99. The highest BCUT2D eigenvalue weighted by Crippen LogP contribution is 2.45. The minimum Gasteiger partial charge on any atom is -0.486 e. The monoisotopic (exact) mass is 609 g/mol. The molecule has 1 aromatic heterocycles. The van der Waals surface area contributed by atoms with E-state index in [4.69, 9.17) is 10.1 Å². The Bertz CT molecular complexity index is 1600. The van der Waals surface area contributed by atoms with Crippen LogP contribution in [0.4, 0.5) is 14.5 Å². The summed E-state index contributed by atoms with van der Waals surface area (Å²) in [7, 11) is -3.63. The number of halogens is 2. The number of amides is 1. The number of ether oxygens (including phenoxy) is 1. The summed E-state index contributed by atoms with van der Waals surface area (Å²) in [5.74, 6) is -2.75. The van der Waals surface area contributed by atoms with Crippen LogP contribution < -0.4 is 5.32 Å². The Morgan fingerprint density at radius 2 is 1.60 bits per heavy atom. The summed E-state index contributed by atoms with van der Waals surface area (Å²) >= 11 is 0. The first kappa shape index (κ1) is 30.3. The van der Waals surface area contributed by atoms with Crippen LogP contribution in [0.25, 0.3) is 11.1 Å². The lowest BCUT2D eigenvalue weighted by molar-refractivity contribution is -0.116. The number of hydrogen-bond donors (Lipinski definition) is 2. The van der Waals surface area contributed by atoms with Crippen LogP contribution in [-0.4, -0.2) is 67.5 Å².